The summed E-state index contributed by atoms with van der Waals surface area (Å²) >= 11 is 12.1. The van der Waals surface area contributed by atoms with Crippen LogP contribution in [0.5, 0.6) is 5.75 Å². The summed E-state index contributed by atoms with van der Waals surface area (Å²) in [6.45, 7) is 4.76. The Labute approximate surface area is 141 Å². The molecule has 0 bridgehead atoms. The topological polar surface area (TPSA) is 43.4 Å². The van der Waals surface area contributed by atoms with Crippen molar-refractivity contribution < 1.29 is 13.2 Å². The second-order valence-electron chi connectivity index (χ2n) is 4.88. The highest BCUT2D eigenvalue weighted by molar-refractivity contribution is 8.13. The van der Waals surface area contributed by atoms with Crippen molar-refractivity contribution in [1.82, 2.24) is 0 Å². The molecule has 21 heavy (non-hydrogen) atoms. The second-order valence-corrected chi connectivity index (χ2v) is 8.26. The van der Waals surface area contributed by atoms with Crippen LogP contribution >= 0.6 is 33.9 Å². The Morgan fingerprint density at radius 3 is 2.19 bits per heavy atom. The van der Waals surface area contributed by atoms with Gasteiger partial charge in [0.05, 0.1) is 21.5 Å². The molecule has 1 unspecified atom stereocenters. The zero-order chi connectivity index (χ0) is 16.0. The summed E-state index contributed by atoms with van der Waals surface area (Å²) in [6, 6.07) is 2.50. The van der Waals surface area contributed by atoms with E-state index in [1.165, 1.54) is 12.1 Å². The number of hydrogen-bond acceptors (Lipinski definition) is 3. The molecule has 120 valence electrons. The van der Waals surface area contributed by atoms with E-state index in [-0.39, 0.29) is 14.9 Å². The summed E-state index contributed by atoms with van der Waals surface area (Å²) in [7, 11) is 1.41. The number of ether oxygens (including phenoxy) is 1. The van der Waals surface area contributed by atoms with E-state index in [2.05, 4.69) is 13.8 Å². The molecule has 0 saturated heterocycles. The van der Waals surface area contributed by atoms with E-state index < -0.39 is 9.05 Å². The molecule has 0 aliphatic carbocycles. The van der Waals surface area contributed by atoms with E-state index in [1.807, 2.05) is 0 Å². The van der Waals surface area contributed by atoms with Gasteiger partial charge in [0, 0.05) is 10.7 Å². The molecule has 0 amide bonds. The van der Waals surface area contributed by atoms with E-state index in [0.29, 0.717) is 18.3 Å². The summed E-state index contributed by atoms with van der Waals surface area (Å²) in [5, 5.41) is 0.291. The van der Waals surface area contributed by atoms with Crippen LogP contribution in [0, 0.1) is 5.92 Å². The van der Waals surface area contributed by atoms with Gasteiger partial charge in [-0.15, -0.1) is 0 Å². The lowest BCUT2D eigenvalue weighted by molar-refractivity contribution is 0.233. The van der Waals surface area contributed by atoms with Gasteiger partial charge in [0.2, 0.25) is 0 Å². The maximum Gasteiger partial charge on any atom is 0.261 e. The highest BCUT2D eigenvalue weighted by Crippen LogP contribution is 2.36. The molecular weight excluding hydrogens is 355 g/mol. The van der Waals surface area contributed by atoms with Crippen molar-refractivity contribution in [2.75, 3.05) is 6.61 Å². The van der Waals surface area contributed by atoms with Crippen LogP contribution in [0.1, 0.15) is 39.5 Å². The molecule has 0 aliphatic heterocycles. The van der Waals surface area contributed by atoms with Crippen LogP contribution in [0.4, 0.5) is 0 Å². The smallest absolute Gasteiger partial charge is 0.261 e. The number of unbranched alkanes of at least 4 members (excludes halogenated alkanes) is 1. The molecule has 3 nitrogen and oxygen atoms in total. The Kier molecular flexibility index (Phi) is 7.62. The van der Waals surface area contributed by atoms with Gasteiger partial charge in [0.1, 0.15) is 0 Å². The largest absolute Gasteiger partial charge is 0.490 e. The molecule has 0 radical (unpaired) electrons. The van der Waals surface area contributed by atoms with Gasteiger partial charge >= 0.3 is 0 Å². The van der Waals surface area contributed by atoms with Crippen LogP contribution in [-0.4, -0.2) is 15.0 Å². The van der Waals surface area contributed by atoms with Gasteiger partial charge in [0.25, 0.3) is 9.05 Å². The Hall–Kier alpha value is -0.160. The molecule has 0 aromatic heterocycles. The third kappa shape index (κ3) is 5.85. The van der Waals surface area contributed by atoms with Gasteiger partial charge < -0.3 is 4.74 Å². The second kappa shape index (κ2) is 8.47. The summed E-state index contributed by atoms with van der Waals surface area (Å²) in [5.41, 5.74) is 0. The minimum absolute atomic E-state index is 0.135. The maximum absolute atomic E-state index is 11.3. The van der Waals surface area contributed by atoms with E-state index in [4.69, 9.17) is 38.6 Å². The number of benzene rings is 1. The minimum atomic E-state index is -3.86. The lowest BCUT2D eigenvalue weighted by Crippen LogP contribution is -2.12. The number of halogens is 3. The van der Waals surface area contributed by atoms with Gasteiger partial charge in [-0.3, -0.25) is 0 Å². The van der Waals surface area contributed by atoms with Crippen LogP contribution in [0.25, 0.3) is 0 Å². The summed E-state index contributed by atoms with van der Waals surface area (Å²) in [4.78, 5) is -0.135. The van der Waals surface area contributed by atoms with Crippen molar-refractivity contribution in [2.45, 2.75) is 44.4 Å². The van der Waals surface area contributed by atoms with Gasteiger partial charge in [-0.2, -0.15) is 0 Å². The lowest BCUT2D eigenvalue weighted by atomic mass is 10.0. The van der Waals surface area contributed by atoms with E-state index >= 15 is 0 Å². The fourth-order valence-corrected chi connectivity index (χ4v) is 3.42. The molecular formula is C14H19Cl3O3S. The quantitative estimate of drug-likeness (QED) is 0.564. The summed E-state index contributed by atoms with van der Waals surface area (Å²) in [6.07, 6.45) is 4.37. The Morgan fingerprint density at radius 2 is 1.76 bits per heavy atom. The average Bonchev–Trinajstić information content (AvgIpc) is 2.40. The first-order valence-corrected chi connectivity index (χ1v) is 9.92. The fraction of sp³-hybridized carbons (Fsp3) is 0.571. The van der Waals surface area contributed by atoms with Crippen LogP contribution in [0.2, 0.25) is 10.0 Å². The normalized spacial score (nSPS) is 13.2. The maximum atomic E-state index is 11.3. The van der Waals surface area contributed by atoms with Crippen molar-refractivity contribution in [3.63, 3.8) is 0 Å². The van der Waals surface area contributed by atoms with Crippen LogP contribution in [0.15, 0.2) is 17.0 Å². The predicted octanol–water partition coefficient (Wildman–Crippen LogP) is 5.52. The monoisotopic (exact) mass is 372 g/mol. The van der Waals surface area contributed by atoms with E-state index in [9.17, 15) is 8.42 Å². The van der Waals surface area contributed by atoms with Crippen LogP contribution < -0.4 is 4.74 Å². The molecule has 0 N–H and O–H groups in total. The Bertz CT molecular complexity index is 550. The predicted molar refractivity (Wildman–Crippen MR) is 88.3 cm³/mol. The Morgan fingerprint density at radius 1 is 1.19 bits per heavy atom. The molecule has 1 aromatic rings. The van der Waals surface area contributed by atoms with Crippen molar-refractivity contribution in [3.8, 4) is 5.75 Å². The molecule has 1 atom stereocenters. The molecule has 0 aliphatic rings. The zero-order valence-electron chi connectivity index (χ0n) is 12.0. The summed E-state index contributed by atoms with van der Waals surface area (Å²) < 4.78 is 28.3. The molecule has 0 heterocycles. The van der Waals surface area contributed by atoms with Crippen LogP contribution in [0.3, 0.4) is 0 Å². The molecule has 1 rings (SSSR count). The van der Waals surface area contributed by atoms with Gasteiger partial charge in [-0.25, -0.2) is 8.42 Å². The minimum Gasteiger partial charge on any atom is -0.490 e. The molecule has 0 spiro atoms. The number of rotatable bonds is 8. The molecule has 7 heteroatoms. The molecule has 0 saturated carbocycles. The van der Waals surface area contributed by atoms with Crippen molar-refractivity contribution in [3.05, 3.63) is 22.2 Å². The molecule has 0 fully saturated rings. The lowest BCUT2D eigenvalue weighted by Gasteiger charge is -2.17. The van der Waals surface area contributed by atoms with Gasteiger partial charge in [-0.1, -0.05) is 56.3 Å². The zero-order valence-corrected chi connectivity index (χ0v) is 15.1. The first kappa shape index (κ1) is 18.9. The van der Waals surface area contributed by atoms with Gasteiger partial charge in [-0.05, 0) is 24.5 Å². The first-order chi connectivity index (χ1) is 9.79. The summed E-state index contributed by atoms with van der Waals surface area (Å²) in [5.74, 6) is 0.728. The van der Waals surface area contributed by atoms with Crippen LogP contribution in [-0.2, 0) is 9.05 Å². The highest BCUT2D eigenvalue weighted by Gasteiger charge is 2.18. The standard InChI is InChI=1S/C14H19Cl3O3S/c1-3-5-6-10(4-2)9-20-14-12(15)7-11(8-13(14)16)21(17,18)19/h7-8,10H,3-6,9H2,1-2H3. The van der Waals surface area contributed by atoms with E-state index in [1.54, 1.807) is 0 Å². The van der Waals surface area contributed by atoms with Gasteiger partial charge in [0.15, 0.2) is 5.75 Å². The third-order valence-corrected chi connectivity index (χ3v) is 5.15. The van der Waals surface area contributed by atoms with Crippen molar-refractivity contribution >= 4 is 42.9 Å². The average molecular weight is 374 g/mol. The Balaban J connectivity index is 2.85. The van der Waals surface area contributed by atoms with Crippen molar-refractivity contribution in [1.29, 1.82) is 0 Å². The molecule has 1 aromatic carbocycles. The third-order valence-electron chi connectivity index (χ3n) is 3.26. The fourth-order valence-electron chi connectivity index (χ4n) is 1.91. The van der Waals surface area contributed by atoms with E-state index in [0.717, 1.165) is 25.7 Å². The highest BCUT2D eigenvalue weighted by atomic mass is 35.7. The number of hydrogen-bond donors (Lipinski definition) is 0. The first-order valence-electron chi connectivity index (χ1n) is 6.86. The van der Waals surface area contributed by atoms with Crippen molar-refractivity contribution in [2.24, 2.45) is 5.92 Å². The SMILES string of the molecule is CCCCC(CC)COc1c(Cl)cc(S(=O)(=O)Cl)cc1Cl.